The van der Waals surface area contributed by atoms with Crippen LogP contribution >= 0.6 is 23.4 Å². The van der Waals surface area contributed by atoms with Crippen molar-refractivity contribution >= 4 is 46.6 Å². The predicted octanol–water partition coefficient (Wildman–Crippen LogP) is 6.08. The second kappa shape index (κ2) is 9.52. The Labute approximate surface area is 207 Å². The van der Waals surface area contributed by atoms with Crippen LogP contribution in [0, 0.1) is 20.8 Å². The fourth-order valence-electron chi connectivity index (χ4n) is 4.05. The van der Waals surface area contributed by atoms with Crippen LogP contribution in [-0.4, -0.2) is 33.7 Å². The van der Waals surface area contributed by atoms with Crippen LogP contribution in [0.25, 0.3) is 11.8 Å². The van der Waals surface area contributed by atoms with Gasteiger partial charge in [0.2, 0.25) is 0 Å². The van der Waals surface area contributed by atoms with Gasteiger partial charge in [-0.25, -0.2) is 4.79 Å². The highest BCUT2D eigenvalue weighted by molar-refractivity contribution is 8.18. The van der Waals surface area contributed by atoms with Crippen molar-refractivity contribution in [3.8, 4) is 5.69 Å². The Morgan fingerprint density at radius 3 is 2.47 bits per heavy atom. The number of carbonyl (C=O) groups is 3. The maximum Gasteiger partial charge on any atom is 0.338 e. The third-order valence-corrected chi connectivity index (χ3v) is 7.00. The lowest BCUT2D eigenvalue weighted by atomic mass is 10.1. The Hall–Kier alpha value is -3.29. The highest BCUT2D eigenvalue weighted by atomic mass is 35.5. The van der Waals surface area contributed by atoms with Crippen molar-refractivity contribution in [1.82, 2.24) is 9.47 Å². The molecule has 0 spiro atoms. The number of esters is 1. The number of aromatic nitrogens is 1. The number of benzene rings is 2. The van der Waals surface area contributed by atoms with Crippen molar-refractivity contribution in [2.24, 2.45) is 0 Å². The Morgan fingerprint density at radius 2 is 1.79 bits per heavy atom. The molecule has 174 valence electrons. The third-order valence-electron chi connectivity index (χ3n) is 5.84. The minimum atomic E-state index is -0.392. The summed E-state index contributed by atoms with van der Waals surface area (Å²) in [6.45, 7) is 5.97. The summed E-state index contributed by atoms with van der Waals surface area (Å²) < 4.78 is 6.93. The highest BCUT2D eigenvalue weighted by Crippen LogP contribution is 2.35. The second-order valence-electron chi connectivity index (χ2n) is 8.00. The van der Waals surface area contributed by atoms with Gasteiger partial charge >= 0.3 is 5.97 Å². The molecule has 4 rings (SSSR count). The molecule has 2 amide bonds. The zero-order valence-electron chi connectivity index (χ0n) is 19.2. The predicted molar refractivity (Wildman–Crippen MR) is 134 cm³/mol. The number of imide groups is 1. The van der Waals surface area contributed by atoms with Gasteiger partial charge in [0.15, 0.2) is 0 Å². The van der Waals surface area contributed by atoms with E-state index in [1.807, 2.05) is 43.5 Å². The van der Waals surface area contributed by atoms with Crippen molar-refractivity contribution in [1.29, 1.82) is 0 Å². The molecule has 34 heavy (non-hydrogen) atoms. The van der Waals surface area contributed by atoms with Gasteiger partial charge in [-0.3, -0.25) is 14.5 Å². The molecule has 6 nitrogen and oxygen atoms in total. The molecular formula is C26H23ClN2O4S. The first-order valence-corrected chi connectivity index (χ1v) is 11.8. The zero-order valence-corrected chi connectivity index (χ0v) is 20.8. The summed E-state index contributed by atoms with van der Waals surface area (Å²) in [4.78, 5) is 39.3. The topological polar surface area (TPSA) is 68.6 Å². The van der Waals surface area contributed by atoms with Crippen LogP contribution in [0.5, 0.6) is 0 Å². The molecular weight excluding hydrogens is 472 g/mol. The van der Waals surface area contributed by atoms with E-state index >= 15 is 0 Å². The van der Waals surface area contributed by atoms with Crippen LogP contribution < -0.4 is 0 Å². The monoisotopic (exact) mass is 494 g/mol. The molecule has 1 aromatic heterocycles. The van der Waals surface area contributed by atoms with Gasteiger partial charge in [0, 0.05) is 22.1 Å². The summed E-state index contributed by atoms with van der Waals surface area (Å²) in [6.07, 6.45) is 1.76. The van der Waals surface area contributed by atoms with Crippen LogP contribution in [0.4, 0.5) is 4.79 Å². The first kappa shape index (κ1) is 23.9. The lowest BCUT2D eigenvalue weighted by molar-refractivity contribution is -0.123. The van der Waals surface area contributed by atoms with Crippen molar-refractivity contribution in [2.45, 2.75) is 27.3 Å². The molecule has 1 aliphatic rings. The first-order chi connectivity index (χ1) is 16.2. The standard InChI is InChI=1S/C26H23ClN2O4S/c1-15-12-19(17(3)29(15)22-7-5-6-21(16(22)2)25(31)33-4)13-23-24(30)28(26(32)34-23)14-18-8-10-20(27)11-9-18/h5-13H,14H2,1-4H3/b23-13+. The number of ether oxygens (including phenoxy) is 1. The summed E-state index contributed by atoms with van der Waals surface area (Å²) in [5, 5.41) is 0.294. The van der Waals surface area contributed by atoms with Crippen LogP contribution in [0.3, 0.4) is 0 Å². The molecule has 0 bridgehead atoms. The molecule has 0 radical (unpaired) electrons. The molecule has 0 atom stereocenters. The Balaban J connectivity index is 1.66. The van der Waals surface area contributed by atoms with Gasteiger partial charge in [-0.1, -0.05) is 29.8 Å². The van der Waals surface area contributed by atoms with Gasteiger partial charge in [-0.2, -0.15) is 0 Å². The number of amides is 2. The second-order valence-corrected chi connectivity index (χ2v) is 9.43. The summed E-state index contributed by atoms with van der Waals surface area (Å²) in [5.74, 6) is -0.713. The van der Waals surface area contributed by atoms with E-state index in [4.69, 9.17) is 16.3 Å². The fourth-order valence-corrected chi connectivity index (χ4v) is 5.01. The van der Waals surface area contributed by atoms with Gasteiger partial charge < -0.3 is 9.30 Å². The summed E-state index contributed by atoms with van der Waals surface area (Å²) in [5.41, 5.74) is 5.64. The quantitative estimate of drug-likeness (QED) is 0.317. The lowest BCUT2D eigenvalue weighted by Gasteiger charge is -2.15. The van der Waals surface area contributed by atoms with Gasteiger partial charge in [0.25, 0.3) is 11.1 Å². The van der Waals surface area contributed by atoms with Crippen LogP contribution in [0.2, 0.25) is 5.02 Å². The van der Waals surface area contributed by atoms with Crippen molar-refractivity contribution < 1.29 is 19.1 Å². The number of hydrogen-bond acceptors (Lipinski definition) is 5. The van der Waals surface area contributed by atoms with E-state index < -0.39 is 5.97 Å². The average molecular weight is 495 g/mol. The molecule has 8 heteroatoms. The van der Waals surface area contributed by atoms with Crippen molar-refractivity contribution in [3.05, 3.63) is 92.1 Å². The molecule has 0 aliphatic carbocycles. The molecule has 0 unspecified atom stereocenters. The van der Waals surface area contributed by atoms with Gasteiger partial charge in [0.1, 0.15) is 0 Å². The maximum atomic E-state index is 13.0. The number of methoxy groups -OCH3 is 1. The van der Waals surface area contributed by atoms with Gasteiger partial charge in [-0.15, -0.1) is 0 Å². The summed E-state index contributed by atoms with van der Waals surface area (Å²) >= 11 is 6.86. The van der Waals surface area contributed by atoms with E-state index in [0.29, 0.717) is 15.5 Å². The molecule has 0 saturated carbocycles. The molecule has 1 fully saturated rings. The zero-order chi connectivity index (χ0) is 24.6. The van der Waals surface area contributed by atoms with E-state index in [1.165, 1.54) is 12.0 Å². The van der Waals surface area contributed by atoms with Gasteiger partial charge in [0.05, 0.1) is 24.1 Å². The number of nitrogens with zero attached hydrogens (tertiary/aromatic N) is 2. The molecule has 1 aliphatic heterocycles. The Morgan fingerprint density at radius 1 is 1.09 bits per heavy atom. The number of hydrogen-bond donors (Lipinski definition) is 0. The Bertz CT molecular complexity index is 1340. The number of thioether (sulfide) groups is 1. The smallest absolute Gasteiger partial charge is 0.338 e. The van der Waals surface area contributed by atoms with E-state index in [2.05, 4.69) is 0 Å². The SMILES string of the molecule is COC(=O)c1cccc(-n2c(C)cc(/C=C3/SC(=O)N(Cc4ccc(Cl)cc4)C3=O)c2C)c1C. The van der Waals surface area contributed by atoms with E-state index in [0.717, 1.165) is 45.5 Å². The number of halogens is 1. The summed E-state index contributed by atoms with van der Waals surface area (Å²) in [7, 11) is 1.36. The van der Waals surface area contributed by atoms with Crippen LogP contribution in [0.15, 0.2) is 53.4 Å². The Kier molecular flexibility index (Phi) is 6.68. The molecule has 2 aromatic carbocycles. The fraction of sp³-hybridized carbons (Fsp3) is 0.192. The molecule has 0 N–H and O–H groups in total. The molecule has 2 heterocycles. The lowest BCUT2D eigenvalue weighted by Crippen LogP contribution is -2.27. The highest BCUT2D eigenvalue weighted by Gasteiger charge is 2.35. The van der Waals surface area contributed by atoms with Crippen molar-refractivity contribution in [2.75, 3.05) is 7.11 Å². The van der Waals surface area contributed by atoms with Crippen LogP contribution in [-0.2, 0) is 16.1 Å². The number of aryl methyl sites for hydroxylation is 1. The van der Waals surface area contributed by atoms with Crippen molar-refractivity contribution in [3.63, 3.8) is 0 Å². The number of rotatable bonds is 5. The minimum Gasteiger partial charge on any atom is -0.465 e. The number of carbonyl (C=O) groups excluding carboxylic acids is 3. The van der Waals surface area contributed by atoms with E-state index in [-0.39, 0.29) is 17.7 Å². The first-order valence-electron chi connectivity index (χ1n) is 10.6. The third kappa shape index (κ3) is 4.41. The minimum absolute atomic E-state index is 0.192. The maximum absolute atomic E-state index is 13.0. The molecule has 1 saturated heterocycles. The van der Waals surface area contributed by atoms with Crippen LogP contribution in [0.1, 0.15) is 38.4 Å². The molecule has 3 aromatic rings. The van der Waals surface area contributed by atoms with Gasteiger partial charge in [-0.05, 0) is 85.6 Å². The van der Waals surface area contributed by atoms with E-state index in [9.17, 15) is 14.4 Å². The largest absolute Gasteiger partial charge is 0.465 e. The average Bonchev–Trinajstić information content (AvgIpc) is 3.24. The van der Waals surface area contributed by atoms with E-state index in [1.54, 1.807) is 36.4 Å². The summed E-state index contributed by atoms with van der Waals surface area (Å²) in [6, 6.07) is 14.5. The normalized spacial score (nSPS) is 14.9.